The minimum atomic E-state index is -0.286. The fourth-order valence-corrected chi connectivity index (χ4v) is 1.66. The molecule has 1 unspecified atom stereocenters. The van der Waals surface area contributed by atoms with E-state index in [2.05, 4.69) is 21.2 Å². The van der Waals surface area contributed by atoms with Crippen LogP contribution in [0.2, 0.25) is 0 Å². The quantitative estimate of drug-likeness (QED) is 0.559. The van der Waals surface area contributed by atoms with E-state index in [1.54, 1.807) is 13.0 Å². The first-order valence-electron chi connectivity index (χ1n) is 3.95. The summed E-state index contributed by atoms with van der Waals surface area (Å²) in [6.45, 7) is 1.77. The molecule has 1 aliphatic rings. The molecular weight excluding hydrogens is 234 g/mol. The topological polar surface area (TPSA) is 38.3 Å². The Morgan fingerprint density at radius 1 is 1.54 bits per heavy atom. The maximum atomic E-state index is 11.2. The SMILES string of the molecule is CC1Nc2c(Br)cccc2OC1=O. The van der Waals surface area contributed by atoms with Crippen LogP contribution in [-0.4, -0.2) is 12.0 Å². The number of hydrogen-bond donors (Lipinski definition) is 1. The molecule has 0 saturated carbocycles. The van der Waals surface area contributed by atoms with Crippen molar-refractivity contribution in [2.75, 3.05) is 5.32 Å². The Morgan fingerprint density at radius 3 is 3.08 bits per heavy atom. The minimum absolute atomic E-state index is 0.245. The number of fused-ring (bicyclic) bond motifs is 1. The van der Waals surface area contributed by atoms with Gasteiger partial charge in [-0.15, -0.1) is 0 Å². The van der Waals surface area contributed by atoms with Crippen molar-refractivity contribution in [2.45, 2.75) is 13.0 Å². The minimum Gasteiger partial charge on any atom is -0.423 e. The van der Waals surface area contributed by atoms with Crippen molar-refractivity contribution in [3.05, 3.63) is 22.7 Å². The fraction of sp³-hybridized carbons (Fsp3) is 0.222. The number of rotatable bonds is 0. The van der Waals surface area contributed by atoms with Crippen LogP contribution in [-0.2, 0) is 4.79 Å². The summed E-state index contributed by atoms with van der Waals surface area (Å²) < 4.78 is 6.00. The van der Waals surface area contributed by atoms with Crippen molar-refractivity contribution in [1.82, 2.24) is 0 Å². The number of benzene rings is 1. The molecule has 4 heteroatoms. The number of nitrogens with one attached hydrogen (secondary N) is 1. The van der Waals surface area contributed by atoms with E-state index in [-0.39, 0.29) is 12.0 Å². The van der Waals surface area contributed by atoms with Gasteiger partial charge >= 0.3 is 5.97 Å². The van der Waals surface area contributed by atoms with Gasteiger partial charge in [0.05, 0.1) is 5.69 Å². The van der Waals surface area contributed by atoms with Gasteiger partial charge in [0.1, 0.15) is 6.04 Å². The molecule has 2 rings (SSSR count). The molecule has 13 heavy (non-hydrogen) atoms. The van der Waals surface area contributed by atoms with Gasteiger partial charge in [-0.2, -0.15) is 0 Å². The van der Waals surface area contributed by atoms with Crippen LogP contribution in [0, 0.1) is 0 Å². The molecule has 3 nitrogen and oxygen atoms in total. The lowest BCUT2D eigenvalue weighted by molar-refractivity contribution is -0.135. The first kappa shape index (κ1) is 8.56. The summed E-state index contributed by atoms with van der Waals surface area (Å²) in [7, 11) is 0. The normalized spacial score (nSPS) is 20.2. The van der Waals surface area contributed by atoms with Crippen LogP contribution in [0.5, 0.6) is 5.75 Å². The maximum Gasteiger partial charge on any atom is 0.333 e. The van der Waals surface area contributed by atoms with Crippen LogP contribution in [0.15, 0.2) is 22.7 Å². The van der Waals surface area contributed by atoms with Crippen LogP contribution < -0.4 is 10.1 Å². The molecule has 68 valence electrons. The zero-order chi connectivity index (χ0) is 9.42. The lowest BCUT2D eigenvalue weighted by Crippen LogP contribution is -2.34. The number of para-hydroxylation sites is 1. The van der Waals surface area contributed by atoms with Gasteiger partial charge in [-0.3, -0.25) is 0 Å². The molecule has 1 heterocycles. The molecule has 0 saturated heterocycles. The lowest BCUT2D eigenvalue weighted by Gasteiger charge is -2.23. The number of carbonyl (C=O) groups excluding carboxylic acids is 1. The van der Waals surface area contributed by atoms with E-state index < -0.39 is 0 Å². The highest BCUT2D eigenvalue weighted by Gasteiger charge is 2.24. The van der Waals surface area contributed by atoms with Gasteiger partial charge in [0.2, 0.25) is 0 Å². The third-order valence-corrected chi connectivity index (χ3v) is 2.56. The third-order valence-electron chi connectivity index (χ3n) is 1.90. The smallest absolute Gasteiger partial charge is 0.333 e. The molecular formula is C9H8BrNO2. The summed E-state index contributed by atoms with van der Waals surface area (Å²) in [6, 6.07) is 5.20. The first-order chi connectivity index (χ1) is 6.18. The van der Waals surface area contributed by atoms with Crippen LogP contribution in [0.3, 0.4) is 0 Å². The van der Waals surface area contributed by atoms with Crippen molar-refractivity contribution < 1.29 is 9.53 Å². The predicted octanol–water partition coefficient (Wildman–Crippen LogP) is 2.17. The van der Waals surface area contributed by atoms with E-state index in [9.17, 15) is 4.79 Å². The van der Waals surface area contributed by atoms with E-state index in [1.807, 2.05) is 12.1 Å². The van der Waals surface area contributed by atoms with Gasteiger partial charge in [0.15, 0.2) is 5.75 Å². The zero-order valence-electron chi connectivity index (χ0n) is 7.00. The Balaban J connectivity index is 2.48. The Morgan fingerprint density at radius 2 is 2.31 bits per heavy atom. The van der Waals surface area contributed by atoms with Gasteiger partial charge < -0.3 is 10.1 Å². The van der Waals surface area contributed by atoms with Crippen LogP contribution in [0.4, 0.5) is 5.69 Å². The molecule has 0 aliphatic carbocycles. The molecule has 0 radical (unpaired) electrons. The second-order valence-electron chi connectivity index (χ2n) is 2.90. The Hall–Kier alpha value is -1.03. The summed E-state index contributed by atoms with van der Waals surface area (Å²) in [4.78, 5) is 11.2. The Bertz CT molecular complexity index is 365. The molecule has 1 aromatic rings. The van der Waals surface area contributed by atoms with Crippen molar-refractivity contribution >= 4 is 27.6 Å². The van der Waals surface area contributed by atoms with E-state index in [0.29, 0.717) is 5.75 Å². The molecule has 0 amide bonds. The fourth-order valence-electron chi connectivity index (χ4n) is 1.20. The number of carbonyl (C=O) groups is 1. The van der Waals surface area contributed by atoms with Gasteiger partial charge in [0.25, 0.3) is 0 Å². The molecule has 1 aromatic carbocycles. The number of ether oxygens (including phenoxy) is 1. The van der Waals surface area contributed by atoms with Gasteiger partial charge in [-0.05, 0) is 35.0 Å². The van der Waals surface area contributed by atoms with Gasteiger partial charge in [-0.1, -0.05) is 6.07 Å². The second-order valence-corrected chi connectivity index (χ2v) is 3.75. The lowest BCUT2D eigenvalue weighted by atomic mass is 10.2. The average Bonchev–Trinajstić information content (AvgIpc) is 2.09. The predicted molar refractivity (Wildman–Crippen MR) is 52.9 cm³/mol. The number of halogens is 1. The summed E-state index contributed by atoms with van der Waals surface area (Å²) in [5, 5.41) is 3.06. The summed E-state index contributed by atoms with van der Waals surface area (Å²) >= 11 is 3.38. The second kappa shape index (κ2) is 3.03. The van der Waals surface area contributed by atoms with E-state index in [0.717, 1.165) is 10.2 Å². The highest BCUT2D eigenvalue weighted by atomic mass is 79.9. The standard InChI is InChI=1S/C9H8BrNO2/c1-5-9(12)13-7-4-2-3-6(10)8(7)11-5/h2-5,11H,1H3. The maximum absolute atomic E-state index is 11.2. The van der Waals surface area contributed by atoms with E-state index in [1.165, 1.54) is 0 Å². The Labute approximate surface area is 84.2 Å². The highest BCUT2D eigenvalue weighted by Crippen LogP contribution is 2.35. The average molecular weight is 242 g/mol. The van der Waals surface area contributed by atoms with Gasteiger partial charge in [0, 0.05) is 4.47 Å². The van der Waals surface area contributed by atoms with Crippen LogP contribution in [0.25, 0.3) is 0 Å². The van der Waals surface area contributed by atoms with Crippen molar-refractivity contribution in [2.24, 2.45) is 0 Å². The van der Waals surface area contributed by atoms with E-state index in [4.69, 9.17) is 4.74 Å². The number of esters is 1. The largest absolute Gasteiger partial charge is 0.423 e. The monoisotopic (exact) mass is 241 g/mol. The molecule has 0 aromatic heterocycles. The number of hydrogen-bond acceptors (Lipinski definition) is 3. The first-order valence-corrected chi connectivity index (χ1v) is 4.74. The summed E-state index contributed by atoms with van der Waals surface area (Å²) in [5.41, 5.74) is 0.842. The van der Waals surface area contributed by atoms with Crippen LogP contribution in [0.1, 0.15) is 6.92 Å². The third kappa shape index (κ3) is 1.42. The van der Waals surface area contributed by atoms with Crippen molar-refractivity contribution in [3.63, 3.8) is 0 Å². The molecule has 0 spiro atoms. The van der Waals surface area contributed by atoms with Crippen molar-refractivity contribution in [1.29, 1.82) is 0 Å². The van der Waals surface area contributed by atoms with Crippen LogP contribution >= 0.6 is 15.9 Å². The summed E-state index contributed by atoms with van der Waals surface area (Å²) in [6.07, 6.45) is 0. The molecule has 1 atom stereocenters. The summed E-state index contributed by atoms with van der Waals surface area (Å²) in [5.74, 6) is 0.336. The molecule has 1 aliphatic heterocycles. The highest BCUT2D eigenvalue weighted by molar-refractivity contribution is 9.10. The molecule has 0 bridgehead atoms. The van der Waals surface area contributed by atoms with E-state index >= 15 is 0 Å². The Kier molecular flexibility index (Phi) is 2.00. The number of anilines is 1. The molecule has 0 fully saturated rings. The van der Waals surface area contributed by atoms with Crippen molar-refractivity contribution in [3.8, 4) is 5.75 Å². The zero-order valence-corrected chi connectivity index (χ0v) is 8.59. The van der Waals surface area contributed by atoms with Gasteiger partial charge in [-0.25, -0.2) is 4.79 Å². The molecule has 1 N–H and O–H groups in total.